The van der Waals surface area contributed by atoms with Crippen LogP contribution in [-0.2, 0) is 0 Å². The van der Waals surface area contributed by atoms with Crippen LogP contribution in [0, 0.1) is 0 Å². The highest BCUT2D eigenvalue weighted by Crippen LogP contribution is 2.21. The Kier molecular flexibility index (Phi) is 8.20. The molecule has 3 rings (SSSR count). The van der Waals surface area contributed by atoms with Gasteiger partial charge in [-0.1, -0.05) is 66.7 Å². The van der Waals surface area contributed by atoms with Crippen molar-refractivity contribution >= 4 is 22.5 Å². The molecule has 0 aliphatic rings. The maximum Gasteiger partial charge on any atom is 0.00755 e. The van der Waals surface area contributed by atoms with Crippen molar-refractivity contribution in [2.75, 3.05) is 13.3 Å². The van der Waals surface area contributed by atoms with Crippen LogP contribution in [0.2, 0.25) is 0 Å². The summed E-state index contributed by atoms with van der Waals surface area (Å²) >= 11 is 1.78. The van der Waals surface area contributed by atoms with Crippen LogP contribution in [0.4, 0.5) is 0 Å². The van der Waals surface area contributed by atoms with Crippen LogP contribution in [0.3, 0.4) is 0 Å². The van der Waals surface area contributed by atoms with Crippen LogP contribution in [0.25, 0.3) is 10.8 Å². The first-order chi connectivity index (χ1) is 9.90. The normalized spacial score (nSPS) is 8.95. The van der Waals surface area contributed by atoms with E-state index >= 15 is 0 Å². The molecule has 1 nitrogen and oxygen atoms in total. The van der Waals surface area contributed by atoms with Crippen molar-refractivity contribution in [2.24, 2.45) is 5.73 Å². The third-order valence-electron chi connectivity index (χ3n) is 2.62. The quantitative estimate of drug-likeness (QED) is 0.648. The second-order valence-electron chi connectivity index (χ2n) is 3.87. The first-order valence-electron chi connectivity index (χ1n) is 6.51. The molecule has 2 heteroatoms. The lowest BCUT2D eigenvalue weighted by Gasteiger charge is -1.99. The summed E-state index contributed by atoms with van der Waals surface area (Å²) in [5.74, 6) is 0. The van der Waals surface area contributed by atoms with Crippen molar-refractivity contribution in [3.05, 3.63) is 78.9 Å². The van der Waals surface area contributed by atoms with E-state index in [1.54, 1.807) is 11.8 Å². The van der Waals surface area contributed by atoms with Crippen molar-refractivity contribution in [1.82, 2.24) is 0 Å². The highest BCUT2D eigenvalue weighted by molar-refractivity contribution is 7.98. The lowest BCUT2D eigenvalue weighted by molar-refractivity contribution is 1.48. The molecule has 0 radical (unpaired) electrons. The Balaban J connectivity index is 0.000000211. The molecule has 0 amide bonds. The van der Waals surface area contributed by atoms with Gasteiger partial charge in [-0.2, -0.15) is 0 Å². The van der Waals surface area contributed by atoms with Crippen molar-refractivity contribution < 1.29 is 0 Å². The number of rotatable bonds is 1. The Labute approximate surface area is 125 Å². The van der Waals surface area contributed by atoms with E-state index in [9.17, 15) is 0 Å². The molecular formula is C18H21NS. The second kappa shape index (κ2) is 10.1. The minimum absolute atomic E-state index is 1.32. The lowest BCUT2D eigenvalue weighted by Crippen LogP contribution is -1.72. The van der Waals surface area contributed by atoms with Crippen LogP contribution in [0.1, 0.15) is 0 Å². The monoisotopic (exact) mass is 283 g/mol. The third kappa shape index (κ3) is 5.47. The second-order valence-corrected chi connectivity index (χ2v) is 4.75. The van der Waals surface area contributed by atoms with Gasteiger partial charge in [-0.25, -0.2) is 0 Å². The fraction of sp³-hybridized carbons (Fsp3) is 0.111. The first-order valence-corrected chi connectivity index (χ1v) is 7.73. The van der Waals surface area contributed by atoms with Crippen LogP contribution < -0.4 is 5.73 Å². The highest BCUT2D eigenvalue weighted by Gasteiger charge is 1.92. The van der Waals surface area contributed by atoms with E-state index in [2.05, 4.69) is 54.5 Å². The molecule has 0 bridgehead atoms. The molecule has 0 saturated heterocycles. The summed E-state index contributed by atoms with van der Waals surface area (Å²) in [4.78, 5) is 1.33. The Morgan fingerprint density at radius 1 is 0.650 bits per heavy atom. The topological polar surface area (TPSA) is 26.0 Å². The Bertz CT molecular complexity index is 567. The molecular weight excluding hydrogens is 262 g/mol. The van der Waals surface area contributed by atoms with Crippen molar-refractivity contribution in [2.45, 2.75) is 4.90 Å². The SMILES string of the molecule is CN.CSc1ccc2ccccc2c1.c1ccccc1. The molecule has 0 heterocycles. The minimum atomic E-state index is 1.32. The van der Waals surface area contributed by atoms with Crippen molar-refractivity contribution in [1.29, 1.82) is 0 Å². The predicted molar refractivity (Wildman–Crippen MR) is 92.3 cm³/mol. The number of nitrogens with two attached hydrogens (primary N) is 1. The summed E-state index contributed by atoms with van der Waals surface area (Å²) < 4.78 is 0. The highest BCUT2D eigenvalue weighted by atomic mass is 32.2. The van der Waals surface area contributed by atoms with Gasteiger partial charge in [0, 0.05) is 4.90 Å². The molecule has 2 N–H and O–H groups in total. The largest absolute Gasteiger partial charge is 0.333 e. The van der Waals surface area contributed by atoms with E-state index in [4.69, 9.17) is 0 Å². The maximum atomic E-state index is 4.50. The Morgan fingerprint density at radius 3 is 1.65 bits per heavy atom. The van der Waals surface area contributed by atoms with Gasteiger partial charge in [0.1, 0.15) is 0 Å². The number of hydrogen-bond acceptors (Lipinski definition) is 2. The third-order valence-corrected chi connectivity index (χ3v) is 3.35. The minimum Gasteiger partial charge on any atom is -0.333 e. The lowest BCUT2D eigenvalue weighted by atomic mass is 10.1. The summed E-state index contributed by atoms with van der Waals surface area (Å²) in [7, 11) is 1.50. The standard InChI is InChI=1S/C11H10S.C6H6.CH5N/c1-12-11-7-6-9-4-2-3-5-10(9)8-11;1-2-4-6-5-3-1;1-2/h2-8H,1H3;1-6H;2H2,1H3. The van der Waals surface area contributed by atoms with Gasteiger partial charge in [0.05, 0.1) is 0 Å². The maximum absolute atomic E-state index is 4.50. The van der Waals surface area contributed by atoms with Gasteiger partial charge in [-0.15, -0.1) is 11.8 Å². The van der Waals surface area contributed by atoms with Crippen LogP contribution in [0.15, 0.2) is 83.8 Å². The molecule has 0 fully saturated rings. The fourth-order valence-corrected chi connectivity index (χ4v) is 2.13. The van der Waals surface area contributed by atoms with Gasteiger partial charge in [0.25, 0.3) is 0 Å². The zero-order chi connectivity index (χ0) is 14.6. The smallest absolute Gasteiger partial charge is 0.00755 e. The van der Waals surface area contributed by atoms with E-state index in [-0.39, 0.29) is 0 Å². The molecule has 0 aliphatic heterocycles. The molecule has 0 saturated carbocycles. The molecule has 0 atom stereocenters. The fourth-order valence-electron chi connectivity index (χ4n) is 1.68. The number of hydrogen-bond donors (Lipinski definition) is 1. The summed E-state index contributed by atoms with van der Waals surface area (Å²) in [6.07, 6.45) is 2.10. The average molecular weight is 283 g/mol. The number of fused-ring (bicyclic) bond motifs is 1. The molecule has 0 aliphatic carbocycles. The average Bonchev–Trinajstić information content (AvgIpc) is 2.58. The summed E-state index contributed by atoms with van der Waals surface area (Å²) in [5, 5.41) is 2.64. The van der Waals surface area contributed by atoms with E-state index in [0.29, 0.717) is 0 Å². The summed E-state index contributed by atoms with van der Waals surface area (Å²) in [5.41, 5.74) is 4.50. The molecule has 3 aromatic rings. The Morgan fingerprint density at radius 2 is 1.15 bits per heavy atom. The summed E-state index contributed by atoms with van der Waals surface area (Å²) in [6.45, 7) is 0. The zero-order valence-corrected chi connectivity index (χ0v) is 12.8. The van der Waals surface area contributed by atoms with Gasteiger partial charge in [-0.05, 0) is 36.2 Å². The van der Waals surface area contributed by atoms with Crippen LogP contribution in [0.5, 0.6) is 0 Å². The number of thioether (sulfide) groups is 1. The summed E-state index contributed by atoms with van der Waals surface area (Å²) in [6, 6.07) is 27.0. The van der Waals surface area contributed by atoms with Gasteiger partial charge >= 0.3 is 0 Å². The molecule has 0 spiro atoms. The molecule has 3 aromatic carbocycles. The molecule has 20 heavy (non-hydrogen) atoms. The molecule has 0 unspecified atom stereocenters. The van der Waals surface area contributed by atoms with Crippen molar-refractivity contribution in [3.8, 4) is 0 Å². The van der Waals surface area contributed by atoms with Gasteiger partial charge in [0.2, 0.25) is 0 Å². The van der Waals surface area contributed by atoms with Crippen molar-refractivity contribution in [3.63, 3.8) is 0 Å². The predicted octanol–water partition coefficient (Wildman–Crippen LogP) is 4.82. The molecule has 0 aromatic heterocycles. The van der Waals surface area contributed by atoms with Crippen LogP contribution in [-0.4, -0.2) is 13.3 Å². The van der Waals surface area contributed by atoms with E-state index in [1.165, 1.54) is 22.7 Å². The Hall–Kier alpha value is -1.77. The van der Waals surface area contributed by atoms with Gasteiger partial charge in [-0.3, -0.25) is 0 Å². The molecule has 104 valence electrons. The first kappa shape index (κ1) is 16.3. The zero-order valence-electron chi connectivity index (χ0n) is 12.0. The van der Waals surface area contributed by atoms with Crippen LogP contribution >= 0.6 is 11.8 Å². The number of benzene rings is 3. The van der Waals surface area contributed by atoms with Gasteiger partial charge < -0.3 is 5.73 Å². The van der Waals surface area contributed by atoms with E-state index in [0.717, 1.165) is 0 Å². The van der Waals surface area contributed by atoms with E-state index < -0.39 is 0 Å². The van der Waals surface area contributed by atoms with Gasteiger partial charge in [0.15, 0.2) is 0 Å². The van der Waals surface area contributed by atoms with E-state index in [1.807, 2.05) is 36.4 Å².